The van der Waals surface area contributed by atoms with Crippen LogP contribution in [0.1, 0.15) is 66.0 Å². The Kier molecular flexibility index (Phi) is 6.83. The lowest BCUT2D eigenvalue weighted by Gasteiger charge is -2.55. The second-order valence-electron chi connectivity index (χ2n) is 11.5. The molecule has 0 radical (unpaired) electrons. The van der Waals surface area contributed by atoms with Crippen molar-refractivity contribution in [3.63, 3.8) is 0 Å². The zero-order chi connectivity index (χ0) is 29.1. The molecule has 12 heteroatoms. The molecule has 2 saturated carbocycles. The van der Waals surface area contributed by atoms with Crippen molar-refractivity contribution in [3.8, 4) is 16.3 Å². The number of fused-ring (bicyclic) bond motifs is 1. The summed E-state index contributed by atoms with van der Waals surface area (Å²) in [6, 6.07) is 6.48. The molecule has 6 rings (SSSR count). The van der Waals surface area contributed by atoms with Gasteiger partial charge in [-0.2, -0.15) is 0 Å². The van der Waals surface area contributed by atoms with E-state index in [-0.39, 0.29) is 28.9 Å². The lowest BCUT2D eigenvalue weighted by molar-refractivity contribution is -0.132. The summed E-state index contributed by atoms with van der Waals surface area (Å²) in [7, 11) is 5.45. The SMILES string of the molecule is CN(C(=O)CC1CCC2(CC1)N(C)C(=O)c1c(O)c(=O)c(-c3nnc(Cc4ccc(F)cc4)s3)cn1N2C)C1CC1. The molecule has 1 spiro atoms. The third kappa shape index (κ3) is 4.77. The average molecular weight is 581 g/mol. The molecule has 1 aromatic carbocycles. The molecule has 0 unspecified atom stereocenters. The first-order valence-corrected chi connectivity index (χ1v) is 14.7. The van der Waals surface area contributed by atoms with E-state index in [1.165, 1.54) is 23.5 Å². The van der Waals surface area contributed by atoms with Crippen molar-refractivity contribution in [2.45, 2.75) is 63.1 Å². The maximum atomic E-state index is 13.6. The number of carbonyl (C=O) groups is 2. The van der Waals surface area contributed by atoms with Gasteiger partial charge in [0, 0.05) is 46.2 Å². The van der Waals surface area contributed by atoms with Gasteiger partial charge < -0.3 is 14.9 Å². The summed E-state index contributed by atoms with van der Waals surface area (Å²) in [4.78, 5) is 43.1. The lowest BCUT2D eigenvalue weighted by Crippen LogP contribution is -2.69. The second-order valence-corrected chi connectivity index (χ2v) is 12.5. The highest BCUT2D eigenvalue weighted by Gasteiger charge is 2.50. The fourth-order valence-electron chi connectivity index (χ4n) is 6.21. The maximum Gasteiger partial charge on any atom is 0.278 e. The zero-order valence-electron chi connectivity index (χ0n) is 23.3. The van der Waals surface area contributed by atoms with Gasteiger partial charge in [-0.25, -0.2) is 4.39 Å². The predicted molar refractivity (Wildman–Crippen MR) is 152 cm³/mol. The monoisotopic (exact) mass is 580 g/mol. The summed E-state index contributed by atoms with van der Waals surface area (Å²) in [5.41, 5.74) is -0.441. The first kappa shape index (κ1) is 27.4. The van der Waals surface area contributed by atoms with Crippen molar-refractivity contribution in [1.29, 1.82) is 0 Å². The number of amides is 2. The highest BCUT2D eigenvalue weighted by Crippen LogP contribution is 2.43. The van der Waals surface area contributed by atoms with Gasteiger partial charge in [0.2, 0.25) is 11.3 Å². The average Bonchev–Trinajstić information content (AvgIpc) is 3.72. The Labute approximate surface area is 241 Å². The molecule has 3 aromatic rings. The molecular formula is C29H33FN6O4S. The van der Waals surface area contributed by atoms with E-state index in [2.05, 4.69) is 10.2 Å². The number of rotatable bonds is 6. The van der Waals surface area contributed by atoms with E-state index in [0.29, 0.717) is 41.7 Å². The van der Waals surface area contributed by atoms with Crippen LogP contribution in [-0.2, 0) is 11.2 Å². The van der Waals surface area contributed by atoms with Gasteiger partial charge in [0.15, 0.2) is 16.5 Å². The highest BCUT2D eigenvalue weighted by molar-refractivity contribution is 7.14. The fourth-order valence-corrected chi connectivity index (χ4v) is 7.09. The Hall–Kier alpha value is -3.80. The molecule has 2 aliphatic carbocycles. The van der Waals surface area contributed by atoms with E-state index < -0.39 is 22.7 Å². The van der Waals surface area contributed by atoms with Crippen molar-refractivity contribution in [2.75, 3.05) is 26.2 Å². The molecule has 0 atom stereocenters. The van der Waals surface area contributed by atoms with Crippen LogP contribution in [0.5, 0.6) is 5.75 Å². The van der Waals surface area contributed by atoms with Crippen molar-refractivity contribution < 1.29 is 19.1 Å². The van der Waals surface area contributed by atoms with Gasteiger partial charge in [0.25, 0.3) is 5.91 Å². The highest BCUT2D eigenvalue weighted by atomic mass is 32.1. The number of hydrogen-bond donors (Lipinski definition) is 1. The maximum absolute atomic E-state index is 13.6. The smallest absolute Gasteiger partial charge is 0.278 e. The molecule has 216 valence electrons. The van der Waals surface area contributed by atoms with Gasteiger partial charge in [0.1, 0.15) is 16.5 Å². The molecule has 10 nitrogen and oxygen atoms in total. The molecule has 1 N–H and O–H groups in total. The third-order valence-corrected chi connectivity index (χ3v) is 10.0. The lowest BCUT2D eigenvalue weighted by atomic mass is 9.78. The van der Waals surface area contributed by atoms with Crippen LogP contribution in [-0.4, -0.2) is 74.4 Å². The number of aromatic nitrogens is 3. The second kappa shape index (κ2) is 10.2. The number of halogens is 1. The van der Waals surface area contributed by atoms with Crippen LogP contribution in [0.3, 0.4) is 0 Å². The van der Waals surface area contributed by atoms with Crippen LogP contribution in [0.25, 0.3) is 10.6 Å². The number of pyridine rings is 1. The Balaban J connectivity index is 1.26. The van der Waals surface area contributed by atoms with E-state index >= 15 is 0 Å². The molecular weight excluding hydrogens is 547 g/mol. The summed E-state index contributed by atoms with van der Waals surface area (Å²) in [5.74, 6) is -0.954. The summed E-state index contributed by atoms with van der Waals surface area (Å²) in [5, 5.41) is 22.2. The number of benzene rings is 1. The van der Waals surface area contributed by atoms with Gasteiger partial charge in [-0.05, 0) is 62.1 Å². The van der Waals surface area contributed by atoms with Gasteiger partial charge in [-0.1, -0.05) is 23.5 Å². The first-order valence-electron chi connectivity index (χ1n) is 13.9. The van der Waals surface area contributed by atoms with Crippen LogP contribution in [0, 0.1) is 11.7 Å². The minimum absolute atomic E-state index is 0.0891. The number of nitrogens with zero attached hydrogens (tertiary/aromatic N) is 6. The Morgan fingerprint density at radius 3 is 2.46 bits per heavy atom. The molecule has 0 saturated heterocycles. The van der Waals surface area contributed by atoms with Gasteiger partial charge in [0.05, 0.1) is 5.56 Å². The first-order chi connectivity index (χ1) is 19.6. The zero-order valence-corrected chi connectivity index (χ0v) is 24.2. The van der Waals surface area contributed by atoms with Gasteiger partial charge in [-0.15, -0.1) is 10.2 Å². The number of aromatic hydroxyl groups is 1. The van der Waals surface area contributed by atoms with Crippen molar-refractivity contribution in [2.24, 2.45) is 5.92 Å². The van der Waals surface area contributed by atoms with Crippen LogP contribution in [0.15, 0.2) is 35.3 Å². The minimum Gasteiger partial charge on any atom is -0.502 e. The third-order valence-electron chi connectivity index (χ3n) is 9.04. The molecule has 2 aromatic heterocycles. The van der Waals surface area contributed by atoms with Gasteiger partial charge in [-0.3, -0.25) is 24.1 Å². The summed E-state index contributed by atoms with van der Waals surface area (Å²) >= 11 is 1.21. The Bertz CT molecular complexity index is 1560. The molecule has 3 heterocycles. The van der Waals surface area contributed by atoms with E-state index in [0.717, 1.165) is 31.2 Å². The quantitative estimate of drug-likeness (QED) is 0.476. The number of carbonyl (C=O) groups excluding carboxylic acids is 2. The molecule has 2 amide bonds. The van der Waals surface area contributed by atoms with Crippen molar-refractivity contribution in [1.82, 2.24) is 24.7 Å². The summed E-state index contributed by atoms with van der Waals surface area (Å²) in [6.45, 7) is 0. The van der Waals surface area contributed by atoms with Crippen LogP contribution < -0.4 is 10.4 Å². The van der Waals surface area contributed by atoms with E-state index in [9.17, 15) is 23.9 Å². The normalized spacial score (nSPS) is 22.2. The minimum atomic E-state index is -0.686. The molecule has 41 heavy (non-hydrogen) atoms. The number of hydrogen-bond acceptors (Lipinski definition) is 8. The van der Waals surface area contributed by atoms with E-state index in [1.807, 2.05) is 24.0 Å². The summed E-state index contributed by atoms with van der Waals surface area (Å²) in [6.07, 6.45) is 7.52. The van der Waals surface area contributed by atoms with Crippen LogP contribution in [0.2, 0.25) is 0 Å². The van der Waals surface area contributed by atoms with E-state index in [1.54, 1.807) is 35.0 Å². The van der Waals surface area contributed by atoms with Crippen LogP contribution >= 0.6 is 11.3 Å². The van der Waals surface area contributed by atoms with Gasteiger partial charge >= 0.3 is 0 Å². The Morgan fingerprint density at radius 2 is 1.80 bits per heavy atom. The molecule has 0 bridgehead atoms. The topological polar surface area (TPSA) is 112 Å². The Morgan fingerprint density at radius 1 is 1.12 bits per heavy atom. The predicted octanol–water partition coefficient (Wildman–Crippen LogP) is 3.35. The fraction of sp³-hybridized carbons (Fsp3) is 0.483. The summed E-state index contributed by atoms with van der Waals surface area (Å²) < 4.78 is 14.9. The van der Waals surface area contributed by atoms with Crippen LogP contribution in [0.4, 0.5) is 4.39 Å². The largest absolute Gasteiger partial charge is 0.502 e. The van der Waals surface area contributed by atoms with Crippen molar-refractivity contribution >= 4 is 23.2 Å². The molecule has 3 aliphatic rings. The standard InChI is InChI=1S/C29H33FN6O4S/c1-33(20-8-9-20)23(37)15-18-10-12-29(13-11-18)34(2)28(40)24-26(39)25(38)21(16-36(24)35(29)3)27-32-31-22(41-27)14-17-4-6-19(30)7-5-17/h4-7,16,18,20,39H,8-15H2,1-3H3. The van der Waals surface area contributed by atoms with Crippen molar-refractivity contribution in [3.05, 3.63) is 62.8 Å². The van der Waals surface area contributed by atoms with E-state index in [4.69, 9.17) is 0 Å². The molecule has 1 aliphatic heterocycles. The molecule has 2 fully saturated rings.